The average molecular weight is 342 g/mol. The Morgan fingerprint density at radius 2 is 1.83 bits per heavy atom. The summed E-state index contributed by atoms with van der Waals surface area (Å²) in [6.45, 7) is 11.1. The molecule has 1 saturated heterocycles. The van der Waals surface area contributed by atoms with E-state index in [2.05, 4.69) is 39.9 Å². The largest absolute Gasteiger partial charge is 0.381 e. The summed E-state index contributed by atoms with van der Waals surface area (Å²) in [7, 11) is 4.21. The molecule has 24 heavy (non-hydrogen) atoms. The quantitative estimate of drug-likeness (QED) is 0.486. The molecule has 0 saturated carbocycles. The molecular formula is C17H35N5O2. The van der Waals surface area contributed by atoms with Crippen LogP contribution in [0.5, 0.6) is 0 Å². The lowest BCUT2D eigenvalue weighted by Crippen LogP contribution is -2.57. The number of rotatable bonds is 6. The van der Waals surface area contributed by atoms with E-state index in [9.17, 15) is 4.79 Å². The molecule has 3 N–H and O–H groups in total. The van der Waals surface area contributed by atoms with E-state index < -0.39 is 0 Å². The maximum absolute atomic E-state index is 11.9. The van der Waals surface area contributed by atoms with Gasteiger partial charge in [0.15, 0.2) is 5.96 Å². The van der Waals surface area contributed by atoms with Crippen molar-refractivity contribution in [2.75, 3.05) is 46.9 Å². The van der Waals surface area contributed by atoms with Crippen molar-refractivity contribution in [2.45, 2.75) is 51.6 Å². The van der Waals surface area contributed by atoms with Crippen molar-refractivity contribution in [3.05, 3.63) is 0 Å². The fourth-order valence-electron chi connectivity index (χ4n) is 2.73. The van der Waals surface area contributed by atoms with E-state index in [4.69, 9.17) is 4.74 Å². The van der Waals surface area contributed by atoms with Crippen LogP contribution in [-0.2, 0) is 9.53 Å². The summed E-state index contributed by atoms with van der Waals surface area (Å²) in [6.07, 6.45) is 1.97. The van der Waals surface area contributed by atoms with E-state index in [0.29, 0.717) is 5.96 Å². The van der Waals surface area contributed by atoms with Gasteiger partial charge in [0.1, 0.15) is 6.54 Å². The first-order valence-electron chi connectivity index (χ1n) is 8.77. The Balaban J connectivity index is 2.64. The Bertz CT molecular complexity index is 423. The zero-order valence-corrected chi connectivity index (χ0v) is 16.2. The number of hydrogen-bond donors (Lipinski definition) is 3. The van der Waals surface area contributed by atoms with Gasteiger partial charge in [0.05, 0.1) is 0 Å². The van der Waals surface area contributed by atoms with Crippen LogP contribution in [0.25, 0.3) is 0 Å². The molecule has 1 aliphatic rings. The number of hydrogen-bond acceptors (Lipinski definition) is 4. The first kappa shape index (κ1) is 20.7. The van der Waals surface area contributed by atoms with E-state index in [1.807, 2.05) is 27.7 Å². The minimum Gasteiger partial charge on any atom is -0.381 e. The van der Waals surface area contributed by atoms with Crippen LogP contribution >= 0.6 is 0 Å². The van der Waals surface area contributed by atoms with Gasteiger partial charge >= 0.3 is 0 Å². The summed E-state index contributed by atoms with van der Waals surface area (Å²) < 4.78 is 5.50. The maximum atomic E-state index is 11.9. The van der Waals surface area contributed by atoms with Gasteiger partial charge in [0.2, 0.25) is 5.91 Å². The molecule has 1 amide bonds. The highest BCUT2D eigenvalue weighted by Crippen LogP contribution is 2.24. The van der Waals surface area contributed by atoms with E-state index in [0.717, 1.165) is 39.1 Å². The molecule has 0 spiro atoms. The van der Waals surface area contributed by atoms with Crippen LogP contribution in [0.15, 0.2) is 4.99 Å². The van der Waals surface area contributed by atoms with Crippen molar-refractivity contribution in [2.24, 2.45) is 4.99 Å². The molecule has 1 rings (SSSR count). The maximum Gasteiger partial charge on any atom is 0.242 e. The molecule has 1 aliphatic heterocycles. The minimum absolute atomic E-state index is 0.0576. The highest BCUT2D eigenvalue weighted by Gasteiger charge is 2.34. The SMILES string of the molecule is CCNC(=NCC(=O)NC(C)(C)C)NCC1(N(C)C)CCOCC1. The van der Waals surface area contributed by atoms with Gasteiger partial charge in [-0.15, -0.1) is 0 Å². The van der Waals surface area contributed by atoms with Crippen molar-refractivity contribution < 1.29 is 9.53 Å². The number of ether oxygens (including phenoxy) is 1. The van der Waals surface area contributed by atoms with Gasteiger partial charge in [-0.3, -0.25) is 4.79 Å². The predicted octanol–water partition coefficient (Wildman–Crippen LogP) is 0.567. The lowest BCUT2D eigenvalue weighted by molar-refractivity contribution is -0.121. The van der Waals surface area contributed by atoms with Gasteiger partial charge in [0.25, 0.3) is 0 Å². The number of nitrogens with zero attached hydrogens (tertiary/aromatic N) is 2. The lowest BCUT2D eigenvalue weighted by Gasteiger charge is -2.43. The van der Waals surface area contributed by atoms with Gasteiger partial charge in [-0.2, -0.15) is 0 Å². The van der Waals surface area contributed by atoms with Crippen LogP contribution in [0.3, 0.4) is 0 Å². The third-order valence-electron chi connectivity index (χ3n) is 4.20. The van der Waals surface area contributed by atoms with Crippen LogP contribution < -0.4 is 16.0 Å². The Kier molecular flexibility index (Phi) is 7.96. The topological polar surface area (TPSA) is 78.0 Å². The molecule has 0 aliphatic carbocycles. The number of amides is 1. The molecule has 0 radical (unpaired) electrons. The molecule has 140 valence electrons. The van der Waals surface area contributed by atoms with Crippen molar-refractivity contribution in [3.63, 3.8) is 0 Å². The van der Waals surface area contributed by atoms with E-state index >= 15 is 0 Å². The van der Waals surface area contributed by atoms with Crippen molar-refractivity contribution in [1.82, 2.24) is 20.9 Å². The van der Waals surface area contributed by atoms with Crippen molar-refractivity contribution in [1.29, 1.82) is 0 Å². The van der Waals surface area contributed by atoms with Gasteiger partial charge < -0.3 is 25.6 Å². The number of aliphatic imine (C=N–C) groups is 1. The molecule has 0 aromatic heterocycles. The van der Waals surface area contributed by atoms with Crippen molar-refractivity contribution >= 4 is 11.9 Å². The molecular weight excluding hydrogens is 306 g/mol. The summed E-state index contributed by atoms with van der Waals surface area (Å²) in [5.74, 6) is 0.599. The third-order valence-corrected chi connectivity index (χ3v) is 4.20. The van der Waals surface area contributed by atoms with Gasteiger partial charge in [0, 0.05) is 37.4 Å². The molecule has 0 aromatic rings. The minimum atomic E-state index is -0.241. The van der Waals surface area contributed by atoms with E-state index in [1.165, 1.54) is 0 Å². The Morgan fingerprint density at radius 3 is 2.33 bits per heavy atom. The Labute approximate surface area is 146 Å². The standard InChI is InChI=1S/C17H35N5O2/c1-7-18-15(19-12-14(23)21-16(2,3)4)20-13-17(22(5)6)8-10-24-11-9-17/h7-13H2,1-6H3,(H,21,23)(H2,18,19,20). The predicted molar refractivity (Wildman–Crippen MR) is 98.3 cm³/mol. The number of guanidine groups is 1. The van der Waals surface area contributed by atoms with Gasteiger partial charge in [-0.05, 0) is 54.6 Å². The monoisotopic (exact) mass is 341 g/mol. The average Bonchev–Trinajstić information content (AvgIpc) is 2.49. The van der Waals surface area contributed by atoms with Crippen LogP contribution in [0, 0.1) is 0 Å². The zero-order chi connectivity index (χ0) is 18.2. The Hall–Kier alpha value is -1.34. The summed E-state index contributed by atoms with van der Waals surface area (Å²) in [5.41, 5.74) is -0.183. The highest BCUT2D eigenvalue weighted by atomic mass is 16.5. The Morgan fingerprint density at radius 1 is 1.21 bits per heavy atom. The van der Waals surface area contributed by atoms with Crippen LogP contribution in [0.4, 0.5) is 0 Å². The smallest absolute Gasteiger partial charge is 0.242 e. The van der Waals surface area contributed by atoms with Gasteiger partial charge in [-0.1, -0.05) is 0 Å². The molecule has 0 unspecified atom stereocenters. The number of carbonyl (C=O) groups excluding carboxylic acids is 1. The summed E-state index contributed by atoms with van der Waals surface area (Å²) in [6, 6.07) is 0. The fourth-order valence-corrected chi connectivity index (χ4v) is 2.73. The second-order valence-corrected chi connectivity index (χ2v) is 7.58. The molecule has 1 heterocycles. The molecule has 1 fully saturated rings. The zero-order valence-electron chi connectivity index (χ0n) is 16.2. The van der Waals surface area contributed by atoms with Gasteiger partial charge in [-0.25, -0.2) is 4.99 Å². The summed E-state index contributed by atoms with van der Waals surface area (Å²) in [4.78, 5) is 18.6. The fraction of sp³-hybridized carbons (Fsp3) is 0.882. The van der Waals surface area contributed by atoms with Crippen molar-refractivity contribution in [3.8, 4) is 0 Å². The van der Waals surface area contributed by atoms with E-state index in [-0.39, 0.29) is 23.5 Å². The second kappa shape index (κ2) is 9.22. The van der Waals surface area contributed by atoms with Crippen LogP contribution in [0.1, 0.15) is 40.5 Å². The first-order valence-corrected chi connectivity index (χ1v) is 8.77. The number of likely N-dealkylation sites (N-methyl/N-ethyl adjacent to an activating group) is 1. The van der Waals surface area contributed by atoms with Crippen LogP contribution in [-0.4, -0.2) is 74.8 Å². The molecule has 0 aromatic carbocycles. The molecule has 0 atom stereocenters. The number of nitrogens with one attached hydrogen (secondary N) is 3. The third kappa shape index (κ3) is 7.05. The number of carbonyl (C=O) groups is 1. The molecule has 7 nitrogen and oxygen atoms in total. The second-order valence-electron chi connectivity index (χ2n) is 7.58. The normalized spacial score (nSPS) is 18.4. The van der Waals surface area contributed by atoms with Crippen LogP contribution in [0.2, 0.25) is 0 Å². The summed E-state index contributed by atoms with van der Waals surface area (Å²) in [5, 5.41) is 9.52. The molecule has 0 bridgehead atoms. The van der Waals surface area contributed by atoms with E-state index in [1.54, 1.807) is 0 Å². The highest BCUT2D eigenvalue weighted by molar-refractivity contribution is 5.85. The first-order chi connectivity index (χ1) is 11.2. The molecule has 7 heteroatoms. The lowest BCUT2D eigenvalue weighted by atomic mass is 9.88. The summed E-state index contributed by atoms with van der Waals surface area (Å²) >= 11 is 0.